The van der Waals surface area contributed by atoms with Gasteiger partial charge < -0.3 is 10.1 Å². The molecule has 1 aliphatic heterocycles. The van der Waals surface area contributed by atoms with Crippen LogP contribution in [0.2, 0.25) is 0 Å². The Hall–Kier alpha value is -1.02. The lowest BCUT2D eigenvalue weighted by Gasteiger charge is -2.42. The molecule has 1 aromatic carbocycles. The quantitative estimate of drug-likeness (QED) is 0.802. The van der Waals surface area contributed by atoms with E-state index in [4.69, 9.17) is 4.74 Å². The van der Waals surface area contributed by atoms with Gasteiger partial charge in [0.2, 0.25) is 0 Å². The van der Waals surface area contributed by atoms with Crippen LogP contribution in [0.15, 0.2) is 18.2 Å². The van der Waals surface area contributed by atoms with Crippen LogP contribution >= 0.6 is 0 Å². The van der Waals surface area contributed by atoms with E-state index in [0.29, 0.717) is 5.54 Å². The minimum Gasteiger partial charge on any atom is -0.497 e. The third-order valence-electron chi connectivity index (χ3n) is 4.41. The summed E-state index contributed by atoms with van der Waals surface area (Å²) in [4.78, 5) is 0. The van der Waals surface area contributed by atoms with E-state index in [1.54, 1.807) is 7.11 Å². The highest BCUT2D eigenvalue weighted by Gasteiger charge is 2.34. The number of benzene rings is 1. The first kappa shape index (κ1) is 11.1. The van der Waals surface area contributed by atoms with Gasteiger partial charge in [-0.3, -0.25) is 0 Å². The van der Waals surface area contributed by atoms with Crippen molar-refractivity contribution in [3.63, 3.8) is 0 Å². The molecule has 1 heterocycles. The zero-order chi connectivity index (χ0) is 11.7. The SMILES string of the molecule is COc1ccc2c(c1)CNC1(CCCCC1)C2. The molecule has 1 N–H and O–H groups in total. The van der Waals surface area contributed by atoms with Gasteiger partial charge in [-0.05, 0) is 42.5 Å². The standard InChI is InChI=1S/C15H21NO/c1-17-14-6-5-12-10-15(7-3-2-4-8-15)16-11-13(12)9-14/h5-6,9,16H,2-4,7-8,10-11H2,1H3. The van der Waals surface area contributed by atoms with E-state index in [-0.39, 0.29) is 0 Å². The van der Waals surface area contributed by atoms with Crippen LogP contribution in [-0.2, 0) is 13.0 Å². The van der Waals surface area contributed by atoms with E-state index in [1.807, 2.05) is 0 Å². The Morgan fingerprint density at radius 2 is 1.94 bits per heavy atom. The fourth-order valence-electron chi connectivity index (χ4n) is 3.36. The maximum absolute atomic E-state index is 5.29. The van der Waals surface area contributed by atoms with Crippen LogP contribution in [0.25, 0.3) is 0 Å². The van der Waals surface area contributed by atoms with Crippen LogP contribution in [-0.4, -0.2) is 12.6 Å². The second-order valence-corrected chi connectivity index (χ2v) is 5.51. The van der Waals surface area contributed by atoms with Crippen LogP contribution in [0, 0.1) is 0 Å². The minimum atomic E-state index is 0.403. The largest absolute Gasteiger partial charge is 0.497 e. The minimum absolute atomic E-state index is 0.403. The third-order valence-corrected chi connectivity index (χ3v) is 4.41. The van der Waals surface area contributed by atoms with Gasteiger partial charge in [0.1, 0.15) is 5.75 Å². The summed E-state index contributed by atoms with van der Waals surface area (Å²) in [6.07, 6.45) is 8.08. The molecule has 1 aliphatic carbocycles. The molecule has 0 saturated heterocycles. The summed E-state index contributed by atoms with van der Waals surface area (Å²) in [6, 6.07) is 6.53. The summed E-state index contributed by atoms with van der Waals surface area (Å²) in [6.45, 7) is 1.01. The molecule has 17 heavy (non-hydrogen) atoms. The van der Waals surface area contributed by atoms with Crippen LogP contribution < -0.4 is 10.1 Å². The van der Waals surface area contributed by atoms with E-state index in [9.17, 15) is 0 Å². The van der Waals surface area contributed by atoms with E-state index in [0.717, 1.165) is 12.3 Å². The molecule has 2 heteroatoms. The highest BCUT2D eigenvalue weighted by atomic mass is 16.5. The average Bonchev–Trinajstić information content (AvgIpc) is 2.39. The highest BCUT2D eigenvalue weighted by molar-refractivity contribution is 5.38. The van der Waals surface area contributed by atoms with Gasteiger partial charge in [0.15, 0.2) is 0 Å². The molecule has 0 bridgehead atoms. The molecule has 1 saturated carbocycles. The van der Waals surface area contributed by atoms with Gasteiger partial charge >= 0.3 is 0 Å². The molecule has 1 fully saturated rings. The molecule has 92 valence electrons. The maximum Gasteiger partial charge on any atom is 0.119 e. The number of hydrogen-bond acceptors (Lipinski definition) is 2. The van der Waals surface area contributed by atoms with Crippen molar-refractivity contribution < 1.29 is 4.74 Å². The zero-order valence-electron chi connectivity index (χ0n) is 10.6. The number of rotatable bonds is 1. The first-order chi connectivity index (χ1) is 8.31. The topological polar surface area (TPSA) is 21.3 Å². The van der Waals surface area contributed by atoms with Crippen molar-refractivity contribution in [2.75, 3.05) is 7.11 Å². The van der Waals surface area contributed by atoms with Crippen LogP contribution in [0.4, 0.5) is 0 Å². The Labute approximate surface area is 103 Å². The molecule has 1 aromatic rings. The van der Waals surface area contributed by atoms with E-state index in [1.165, 1.54) is 49.7 Å². The van der Waals surface area contributed by atoms with Crippen molar-refractivity contribution >= 4 is 0 Å². The molecule has 3 rings (SSSR count). The zero-order valence-corrected chi connectivity index (χ0v) is 10.6. The van der Waals surface area contributed by atoms with Gasteiger partial charge in [0.05, 0.1) is 7.11 Å². The predicted octanol–water partition coefficient (Wildman–Crippen LogP) is 3.04. The molecule has 0 aromatic heterocycles. The molecular formula is C15H21NO. The van der Waals surface area contributed by atoms with Crippen molar-refractivity contribution in [3.8, 4) is 5.75 Å². The first-order valence-electron chi connectivity index (χ1n) is 6.72. The fraction of sp³-hybridized carbons (Fsp3) is 0.600. The number of hydrogen-bond donors (Lipinski definition) is 1. The van der Waals surface area contributed by atoms with Crippen LogP contribution in [0.5, 0.6) is 5.75 Å². The van der Waals surface area contributed by atoms with Crippen LogP contribution in [0.3, 0.4) is 0 Å². The van der Waals surface area contributed by atoms with E-state index >= 15 is 0 Å². The number of methoxy groups -OCH3 is 1. The maximum atomic E-state index is 5.29. The predicted molar refractivity (Wildman–Crippen MR) is 69.4 cm³/mol. The molecule has 0 atom stereocenters. The van der Waals surface area contributed by atoms with Crippen molar-refractivity contribution in [2.24, 2.45) is 0 Å². The van der Waals surface area contributed by atoms with Crippen molar-refractivity contribution in [1.29, 1.82) is 0 Å². The Kier molecular flexibility index (Phi) is 2.83. The van der Waals surface area contributed by atoms with Crippen molar-refractivity contribution in [3.05, 3.63) is 29.3 Å². The second kappa shape index (κ2) is 4.34. The number of fused-ring (bicyclic) bond motifs is 1. The molecule has 0 amide bonds. The number of ether oxygens (including phenoxy) is 1. The van der Waals surface area contributed by atoms with E-state index in [2.05, 4.69) is 23.5 Å². The molecule has 2 aliphatic rings. The lowest BCUT2D eigenvalue weighted by molar-refractivity contribution is 0.215. The molecule has 0 radical (unpaired) electrons. The van der Waals surface area contributed by atoms with Gasteiger partial charge in [-0.25, -0.2) is 0 Å². The van der Waals surface area contributed by atoms with Gasteiger partial charge in [-0.15, -0.1) is 0 Å². The highest BCUT2D eigenvalue weighted by Crippen LogP contribution is 2.36. The van der Waals surface area contributed by atoms with Gasteiger partial charge in [0, 0.05) is 12.1 Å². The third kappa shape index (κ3) is 2.06. The monoisotopic (exact) mass is 231 g/mol. The summed E-state index contributed by atoms with van der Waals surface area (Å²) < 4.78 is 5.29. The Morgan fingerprint density at radius 3 is 2.71 bits per heavy atom. The van der Waals surface area contributed by atoms with E-state index < -0.39 is 0 Å². The lowest BCUT2D eigenvalue weighted by Crippen LogP contribution is -2.50. The van der Waals surface area contributed by atoms with Gasteiger partial charge in [-0.2, -0.15) is 0 Å². The molecule has 0 unspecified atom stereocenters. The first-order valence-corrected chi connectivity index (χ1v) is 6.72. The smallest absolute Gasteiger partial charge is 0.119 e. The summed E-state index contributed by atoms with van der Waals surface area (Å²) in [5.74, 6) is 0.977. The summed E-state index contributed by atoms with van der Waals surface area (Å²) in [5, 5.41) is 3.79. The second-order valence-electron chi connectivity index (χ2n) is 5.51. The molecule has 1 spiro atoms. The fourth-order valence-corrected chi connectivity index (χ4v) is 3.36. The summed E-state index contributed by atoms with van der Waals surface area (Å²) in [7, 11) is 1.74. The normalized spacial score (nSPS) is 22.2. The average molecular weight is 231 g/mol. The summed E-state index contributed by atoms with van der Waals surface area (Å²) >= 11 is 0. The number of nitrogens with one attached hydrogen (secondary N) is 1. The Morgan fingerprint density at radius 1 is 1.12 bits per heavy atom. The van der Waals surface area contributed by atoms with Crippen molar-refractivity contribution in [2.45, 2.75) is 50.6 Å². The molecular weight excluding hydrogens is 210 g/mol. The summed E-state index contributed by atoms with van der Waals surface area (Å²) in [5.41, 5.74) is 3.34. The van der Waals surface area contributed by atoms with Gasteiger partial charge in [-0.1, -0.05) is 25.3 Å². The Balaban J connectivity index is 1.85. The van der Waals surface area contributed by atoms with Crippen molar-refractivity contribution in [1.82, 2.24) is 5.32 Å². The van der Waals surface area contributed by atoms with Crippen LogP contribution in [0.1, 0.15) is 43.2 Å². The lowest BCUT2D eigenvalue weighted by atomic mass is 9.74. The van der Waals surface area contributed by atoms with Gasteiger partial charge in [0.25, 0.3) is 0 Å². The molecule has 2 nitrogen and oxygen atoms in total. The Bertz CT molecular complexity index is 407.